The van der Waals surface area contributed by atoms with E-state index in [9.17, 15) is 0 Å². The smallest absolute Gasteiger partial charge is 0.180 e. The summed E-state index contributed by atoms with van der Waals surface area (Å²) in [5.41, 5.74) is 12.2. The van der Waals surface area contributed by atoms with Crippen molar-refractivity contribution < 1.29 is 0 Å². The van der Waals surface area contributed by atoms with E-state index in [1.54, 1.807) is 0 Å². The van der Waals surface area contributed by atoms with Gasteiger partial charge in [0, 0.05) is 32.9 Å². The van der Waals surface area contributed by atoms with Gasteiger partial charge in [-0.3, -0.25) is 0 Å². The Morgan fingerprint density at radius 1 is 0.263 bits per heavy atom. The van der Waals surface area contributed by atoms with Crippen molar-refractivity contribution in [3.05, 3.63) is 303 Å². The molecule has 12 aromatic carbocycles. The molecule has 0 fully saturated rings. The van der Waals surface area contributed by atoms with Crippen LogP contribution in [-0.4, -0.2) is 25.3 Å². The number of para-hydroxylation sites is 2. The van der Waals surface area contributed by atoms with Crippen molar-refractivity contribution in [2.24, 2.45) is 0 Å². The van der Waals surface area contributed by atoms with Crippen molar-refractivity contribution in [3.63, 3.8) is 0 Å². The first kappa shape index (κ1) is 44.2. The highest BCUT2D eigenvalue weighted by molar-refractivity contribution is 7.22. The van der Waals surface area contributed by atoms with Crippen molar-refractivity contribution in [1.29, 1.82) is 0 Å². The molecule has 0 amide bonds. The summed E-state index contributed by atoms with van der Waals surface area (Å²) in [5.74, 6) is 0. The highest BCUT2D eigenvalue weighted by atomic mass is 28.3. The van der Waals surface area contributed by atoms with Crippen LogP contribution in [-0.2, 0) is 0 Å². The van der Waals surface area contributed by atoms with Gasteiger partial charge >= 0.3 is 0 Å². The van der Waals surface area contributed by atoms with Crippen LogP contribution in [0.25, 0.3) is 77.2 Å². The third-order valence-electron chi connectivity index (χ3n) is 16.5. The van der Waals surface area contributed by atoms with E-state index in [0.29, 0.717) is 0 Å². The van der Waals surface area contributed by atoms with E-state index in [-0.39, 0.29) is 0 Å². The van der Waals surface area contributed by atoms with E-state index in [1.807, 2.05) is 0 Å². The van der Waals surface area contributed by atoms with Gasteiger partial charge in [0.15, 0.2) is 16.1 Å². The molecule has 3 heterocycles. The van der Waals surface area contributed by atoms with Gasteiger partial charge in [-0.05, 0) is 118 Å². The first-order valence-corrected chi connectivity index (χ1v) is 30.4. The van der Waals surface area contributed by atoms with Gasteiger partial charge in [-0.25, -0.2) is 0 Å². The zero-order valence-corrected chi connectivity index (χ0v) is 43.8. The molecule has 0 aliphatic carbocycles. The van der Waals surface area contributed by atoms with Gasteiger partial charge < -0.3 is 9.13 Å². The largest absolute Gasteiger partial charge is 0.309 e. The first-order chi connectivity index (χ1) is 37.7. The monoisotopic (exact) mass is 998 g/mol. The Bertz CT molecular complexity index is 4370. The Kier molecular flexibility index (Phi) is 10.3. The van der Waals surface area contributed by atoms with Gasteiger partial charge in [0.25, 0.3) is 0 Å². The summed E-state index contributed by atoms with van der Waals surface area (Å²) in [7, 11) is -5.38. The molecule has 0 spiro atoms. The second kappa shape index (κ2) is 17.7. The molecule has 0 saturated heterocycles. The van der Waals surface area contributed by atoms with E-state index >= 15 is 0 Å². The second-order valence-corrected chi connectivity index (χ2v) is 27.8. The summed E-state index contributed by atoms with van der Waals surface area (Å²) < 4.78 is 4.98. The number of hydrogen-bond donors (Lipinski definition) is 0. The van der Waals surface area contributed by atoms with Crippen LogP contribution in [0.15, 0.2) is 303 Å². The van der Waals surface area contributed by atoms with E-state index in [1.165, 1.54) is 107 Å². The second-order valence-electron chi connectivity index (χ2n) is 20.3. The fraction of sp³-hybridized carbons (Fsp3) is 0. The van der Waals surface area contributed by atoms with Crippen LogP contribution in [0.4, 0.5) is 0 Å². The standard InChI is InChI=1S/C72H50N2Si2/c1-6-25-54(26-7-1)75(55-27-8-2-9-28-55,56-29-10-3-11-30-56)59-35-22-24-52(49-59)73-66-40-19-16-36-61(66)64-50-53(45-46-68(64)73)74-67-41-20-17-38-63(67)72-60(39-23-42-69(72)74)51-44-47-71-65(48-51)62-37-18-21-43-70(62)76(71,57-31-12-4-13-32-57)58-33-14-5-15-34-58/h1-50H. The molecule has 2 aromatic heterocycles. The lowest BCUT2D eigenvalue weighted by atomic mass is 9.96. The molecule has 0 N–H and O–H groups in total. The zero-order valence-electron chi connectivity index (χ0n) is 41.8. The fourth-order valence-corrected chi connectivity index (χ4v) is 23.4. The molecule has 0 saturated carbocycles. The third-order valence-corrected chi connectivity index (χ3v) is 26.2. The van der Waals surface area contributed by atoms with Crippen LogP contribution in [0.1, 0.15) is 0 Å². The highest BCUT2D eigenvalue weighted by Gasteiger charge is 2.48. The van der Waals surface area contributed by atoms with E-state index in [2.05, 4.69) is 312 Å². The van der Waals surface area contributed by atoms with Crippen molar-refractivity contribution in [2.45, 2.75) is 0 Å². The number of hydrogen-bond acceptors (Lipinski definition) is 0. The van der Waals surface area contributed by atoms with Crippen molar-refractivity contribution >= 4 is 101 Å². The molecule has 0 bridgehead atoms. The average Bonchev–Trinajstić information content (AvgIpc) is 4.25. The van der Waals surface area contributed by atoms with Gasteiger partial charge in [0.05, 0.1) is 22.1 Å². The normalized spacial score (nSPS) is 12.8. The molecular weight excluding hydrogens is 949 g/mol. The van der Waals surface area contributed by atoms with Crippen molar-refractivity contribution in [1.82, 2.24) is 9.13 Å². The predicted octanol–water partition coefficient (Wildman–Crippen LogP) is 12.3. The first-order valence-electron chi connectivity index (χ1n) is 26.4. The Morgan fingerprint density at radius 2 is 0.724 bits per heavy atom. The van der Waals surface area contributed by atoms with Gasteiger partial charge in [-0.1, -0.05) is 249 Å². The summed E-state index contributed by atoms with van der Waals surface area (Å²) in [6, 6.07) is 114. The van der Waals surface area contributed by atoms with Crippen LogP contribution < -0.4 is 41.5 Å². The number of benzene rings is 12. The summed E-state index contributed by atoms with van der Waals surface area (Å²) in [5, 5.41) is 16.1. The van der Waals surface area contributed by atoms with Gasteiger partial charge in [0.2, 0.25) is 0 Å². The topological polar surface area (TPSA) is 9.86 Å². The zero-order chi connectivity index (χ0) is 50.2. The third kappa shape index (κ3) is 6.45. The average molecular weight is 999 g/mol. The van der Waals surface area contributed by atoms with Crippen molar-refractivity contribution in [2.75, 3.05) is 0 Å². The number of rotatable bonds is 9. The van der Waals surface area contributed by atoms with Gasteiger partial charge in [-0.2, -0.15) is 0 Å². The quantitative estimate of drug-likeness (QED) is 0.101. The van der Waals surface area contributed by atoms with Crippen LogP contribution in [0.5, 0.6) is 0 Å². The van der Waals surface area contributed by atoms with Crippen LogP contribution in [0, 0.1) is 0 Å². The van der Waals surface area contributed by atoms with Crippen LogP contribution >= 0.6 is 0 Å². The molecule has 0 radical (unpaired) electrons. The molecule has 4 heteroatoms. The minimum Gasteiger partial charge on any atom is -0.309 e. The SMILES string of the molecule is c1ccc([Si](c2ccccc2)(c2ccccc2)c2cccc(-n3c4ccccc4c4cc(-n5c6ccccc6c6c(-c7ccc8c(c7)-c7ccccc7[Si]8(c7ccccc7)c7ccccc7)cccc65)ccc43)c2)cc1. The molecule has 0 unspecified atom stereocenters. The molecule has 1 aliphatic heterocycles. The summed E-state index contributed by atoms with van der Waals surface area (Å²) in [6.45, 7) is 0. The molecule has 1 aliphatic rings. The van der Waals surface area contributed by atoms with E-state index < -0.39 is 16.1 Å². The number of nitrogens with zero attached hydrogens (tertiary/aromatic N) is 2. The van der Waals surface area contributed by atoms with Crippen LogP contribution in [0.3, 0.4) is 0 Å². The van der Waals surface area contributed by atoms with Gasteiger partial charge in [-0.15, -0.1) is 0 Å². The summed E-state index contributed by atoms with van der Waals surface area (Å²) in [6.07, 6.45) is 0. The van der Waals surface area contributed by atoms with E-state index in [4.69, 9.17) is 0 Å². The minimum absolute atomic E-state index is 1.14. The van der Waals surface area contributed by atoms with Gasteiger partial charge in [0.1, 0.15) is 0 Å². The molecule has 76 heavy (non-hydrogen) atoms. The number of aromatic nitrogens is 2. The lowest BCUT2D eigenvalue weighted by Gasteiger charge is -2.34. The minimum atomic E-state index is -2.78. The molecular formula is C72H50N2Si2. The van der Waals surface area contributed by atoms with E-state index in [0.717, 1.165) is 11.4 Å². The lowest BCUT2D eigenvalue weighted by Crippen LogP contribution is -2.74. The maximum Gasteiger partial charge on any atom is 0.180 e. The Balaban J connectivity index is 0.906. The maximum atomic E-state index is 2.50. The lowest BCUT2D eigenvalue weighted by molar-refractivity contribution is 1.17. The number of fused-ring (bicyclic) bond motifs is 9. The van der Waals surface area contributed by atoms with Crippen molar-refractivity contribution in [3.8, 4) is 33.6 Å². The summed E-state index contributed by atoms with van der Waals surface area (Å²) in [4.78, 5) is 0. The maximum absolute atomic E-state index is 2.78. The molecule has 15 rings (SSSR count). The Labute approximate surface area is 444 Å². The summed E-state index contributed by atoms with van der Waals surface area (Å²) >= 11 is 0. The molecule has 14 aromatic rings. The highest BCUT2D eigenvalue weighted by Crippen LogP contribution is 2.42. The molecule has 0 atom stereocenters. The fourth-order valence-electron chi connectivity index (χ4n) is 13.5. The van der Waals surface area contributed by atoms with Crippen LogP contribution in [0.2, 0.25) is 0 Å². The predicted molar refractivity (Wildman–Crippen MR) is 327 cm³/mol. The Morgan fingerprint density at radius 3 is 1.38 bits per heavy atom. The molecule has 2 nitrogen and oxygen atoms in total. The molecule has 356 valence electrons. The Hall–Kier alpha value is -9.33.